The summed E-state index contributed by atoms with van der Waals surface area (Å²) in [7, 11) is 0. The van der Waals surface area contributed by atoms with E-state index in [2.05, 4.69) is 17.6 Å². The minimum Gasteiger partial charge on any atom is -0.388 e. The Balaban J connectivity index is 1.72. The van der Waals surface area contributed by atoms with Crippen molar-refractivity contribution < 1.29 is 9.90 Å². The van der Waals surface area contributed by atoms with Gasteiger partial charge < -0.3 is 15.7 Å². The molecule has 2 atom stereocenters. The lowest BCUT2D eigenvalue weighted by molar-refractivity contribution is -0.121. The van der Waals surface area contributed by atoms with E-state index >= 15 is 0 Å². The molecule has 0 aliphatic heterocycles. The van der Waals surface area contributed by atoms with Crippen molar-refractivity contribution >= 4 is 11.6 Å². The lowest BCUT2D eigenvalue weighted by Crippen LogP contribution is -2.46. The fourth-order valence-corrected chi connectivity index (χ4v) is 2.86. The zero-order valence-electron chi connectivity index (χ0n) is 12.1. The molecular formula is C16H24N2O2. The van der Waals surface area contributed by atoms with Gasteiger partial charge in [-0.15, -0.1) is 0 Å². The topological polar surface area (TPSA) is 61.4 Å². The average molecular weight is 276 g/mol. The molecule has 4 nitrogen and oxygen atoms in total. The number of rotatable bonds is 5. The number of nitrogens with one attached hydrogen (secondary N) is 2. The van der Waals surface area contributed by atoms with Gasteiger partial charge in [0.25, 0.3) is 0 Å². The van der Waals surface area contributed by atoms with Crippen molar-refractivity contribution in [2.45, 2.75) is 38.2 Å². The molecule has 1 saturated carbocycles. The van der Waals surface area contributed by atoms with Crippen LogP contribution in [-0.4, -0.2) is 29.7 Å². The van der Waals surface area contributed by atoms with Crippen LogP contribution in [0.5, 0.6) is 0 Å². The molecule has 110 valence electrons. The second-order valence-corrected chi connectivity index (χ2v) is 5.92. The van der Waals surface area contributed by atoms with Crippen LogP contribution in [0.2, 0.25) is 0 Å². The molecule has 2 unspecified atom stereocenters. The van der Waals surface area contributed by atoms with E-state index in [1.165, 1.54) is 6.42 Å². The summed E-state index contributed by atoms with van der Waals surface area (Å²) in [5.41, 5.74) is 0.202. The number of carbonyl (C=O) groups is 1. The maximum absolute atomic E-state index is 11.8. The Labute approximate surface area is 120 Å². The standard InChI is InChI=1S/C16H24N2O2/c1-13-6-5-9-16(20,10-13)12-18-15(19)11-17-14-7-3-2-4-8-14/h2-4,7-8,13,17,20H,5-6,9-12H2,1H3,(H,18,19). The van der Waals surface area contributed by atoms with E-state index in [0.717, 1.165) is 24.9 Å². The number of carbonyl (C=O) groups excluding carboxylic acids is 1. The van der Waals surface area contributed by atoms with Crippen LogP contribution in [-0.2, 0) is 4.79 Å². The van der Waals surface area contributed by atoms with Gasteiger partial charge in [0, 0.05) is 12.2 Å². The zero-order chi connectivity index (χ0) is 14.4. The second kappa shape index (κ2) is 6.75. The van der Waals surface area contributed by atoms with Crippen molar-refractivity contribution in [3.8, 4) is 0 Å². The predicted molar refractivity (Wildman–Crippen MR) is 80.5 cm³/mol. The highest BCUT2D eigenvalue weighted by molar-refractivity contribution is 5.80. The van der Waals surface area contributed by atoms with Gasteiger partial charge in [-0.3, -0.25) is 4.79 Å². The van der Waals surface area contributed by atoms with Crippen LogP contribution in [0.4, 0.5) is 5.69 Å². The SMILES string of the molecule is CC1CCCC(O)(CNC(=O)CNc2ccccc2)C1. The third kappa shape index (κ3) is 4.53. The van der Waals surface area contributed by atoms with Gasteiger partial charge in [0.15, 0.2) is 0 Å². The molecule has 0 radical (unpaired) electrons. The molecule has 1 aromatic rings. The van der Waals surface area contributed by atoms with Gasteiger partial charge in [0.2, 0.25) is 5.91 Å². The fourth-order valence-electron chi connectivity index (χ4n) is 2.86. The van der Waals surface area contributed by atoms with E-state index in [0.29, 0.717) is 12.5 Å². The number of benzene rings is 1. The zero-order valence-corrected chi connectivity index (χ0v) is 12.1. The predicted octanol–water partition coefficient (Wildman–Crippen LogP) is 2.16. The van der Waals surface area contributed by atoms with Crippen LogP contribution < -0.4 is 10.6 Å². The summed E-state index contributed by atoms with van der Waals surface area (Å²) in [6.45, 7) is 2.74. The molecule has 1 aromatic carbocycles. The monoisotopic (exact) mass is 276 g/mol. The molecule has 1 aliphatic carbocycles. The number of amides is 1. The maximum Gasteiger partial charge on any atom is 0.239 e. The summed E-state index contributed by atoms with van der Waals surface area (Å²) >= 11 is 0. The van der Waals surface area contributed by atoms with Crippen LogP contribution in [0, 0.1) is 5.92 Å². The van der Waals surface area contributed by atoms with E-state index in [9.17, 15) is 9.90 Å². The van der Waals surface area contributed by atoms with Gasteiger partial charge in [-0.1, -0.05) is 38.0 Å². The Morgan fingerprint density at radius 1 is 1.40 bits per heavy atom. The molecular weight excluding hydrogens is 252 g/mol. The molecule has 0 spiro atoms. The van der Waals surface area contributed by atoms with Gasteiger partial charge in [-0.2, -0.15) is 0 Å². The van der Waals surface area contributed by atoms with E-state index in [4.69, 9.17) is 0 Å². The minimum absolute atomic E-state index is 0.0829. The summed E-state index contributed by atoms with van der Waals surface area (Å²) in [5, 5.41) is 16.3. The van der Waals surface area contributed by atoms with Crippen LogP contribution in [0.15, 0.2) is 30.3 Å². The molecule has 1 amide bonds. The lowest BCUT2D eigenvalue weighted by atomic mass is 9.79. The number of hydrogen-bond acceptors (Lipinski definition) is 3. The molecule has 0 saturated heterocycles. The summed E-state index contributed by atoms with van der Waals surface area (Å²) in [4.78, 5) is 11.8. The van der Waals surface area contributed by atoms with Gasteiger partial charge in [-0.05, 0) is 30.9 Å². The highest BCUT2D eigenvalue weighted by Crippen LogP contribution is 2.31. The maximum atomic E-state index is 11.8. The van der Waals surface area contributed by atoms with Crippen LogP contribution in [0.1, 0.15) is 32.6 Å². The van der Waals surface area contributed by atoms with Gasteiger partial charge in [-0.25, -0.2) is 0 Å². The number of anilines is 1. The van der Waals surface area contributed by atoms with Gasteiger partial charge >= 0.3 is 0 Å². The van der Waals surface area contributed by atoms with E-state index in [-0.39, 0.29) is 12.5 Å². The largest absolute Gasteiger partial charge is 0.388 e. The summed E-state index contributed by atoms with van der Waals surface area (Å²) in [6.07, 6.45) is 3.77. The summed E-state index contributed by atoms with van der Waals surface area (Å²) in [6, 6.07) is 9.62. The third-order valence-corrected chi connectivity index (χ3v) is 3.91. The summed E-state index contributed by atoms with van der Waals surface area (Å²) < 4.78 is 0. The Kier molecular flexibility index (Phi) is 5.01. The van der Waals surface area contributed by atoms with Crippen LogP contribution in [0.3, 0.4) is 0 Å². The van der Waals surface area contributed by atoms with E-state index in [1.807, 2.05) is 30.3 Å². The number of hydrogen-bond donors (Lipinski definition) is 3. The highest BCUT2D eigenvalue weighted by Gasteiger charge is 2.32. The average Bonchev–Trinajstić information content (AvgIpc) is 2.44. The van der Waals surface area contributed by atoms with Crippen LogP contribution in [0.25, 0.3) is 0 Å². The van der Waals surface area contributed by atoms with Crippen LogP contribution >= 0.6 is 0 Å². The Morgan fingerprint density at radius 2 is 2.15 bits per heavy atom. The van der Waals surface area contributed by atoms with E-state index < -0.39 is 5.60 Å². The Morgan fingerprint density at radius 3 is 2.85 bits per heavy atom. The van der Waals surface area contributed by atoms with E-state index in [1.54, 1.807) is 0 Å². The first kappa shape index (κ1) is 14.9. The molecule has 3 N–H and O–H groups in total. The van der Waals surface area contributed by atoms with Gasteiger partial charge in [0.05, 0.1) is 12.1 Å². The minimum atomic E-state index is -0.722. The van der Waals surface area contributed by atoms with Crippen molar-refractivity contribution in [2.24, 2.45) is 5.92 Å². The third-order valence-electron chi connectivity index (χ3n) is 3.91. The molecule has 1 fully saturated rings. The first-order valence-corrected chi connectivity index (χ1v) is 7.35. The fraction of sp³-hybridized carbons (Fsp3) is 0.562. The first-order valence-electron chi connectivity index (χ1n) is 7.35. The van der Waals surface area contributed by atoms with Crippen molar-refractivity contribution in [3.63, 3.8) is 0 Å². The van der Waals surface area contributed by atoms with Crippen molar-refractivity contribution in [1.82, 2.24) is 5.32 Å². The van der Waals surface area contributed by atoms with Crippen molar-refractivity contribution in [2.75, 3.05) is 18.4 Å². The second-order valence-electron chi connectivity index (χ2n) is 5.92. The Bertz CT molecular complexity index is 435. The smallest absolute Gasteiger partial charge is 0.239 e. The highest BCUT2D eigenvalue weighted by atomic mass is 16.3. The molecule has 0 heterocycles. The molecule has 0 bridgehead atoms. The first-order chi connectivity index (χ1) is 9.57. The Hall–Kier alpha value is -1.55. The number of aliphatic hydroxyl groups is 1. The summed E-state index contributed by atoms with van der Waals surface area (Å²) in [5.74, 6) is 0.452. The van der Waals surface area contributed by atoms with Crippen molar-refractivity contribution in [3.05, 3.63) is 30.3 Å². The van der Waals surface area contributed by atoms with Gasteiger partial charge in [0.1, 0.15) is 0 Å². The molecule has 2 rings (SSSR count). The lowest BCUT2D eigenvalue weighted by Gasteiger charge is -2.35. The molecule has 0 aromatic heterocycles. The number of para-hydroxylation sites is 1. The molecule has 20 heavy (non-hydrogen) atoms. The van der Waals surface area contributed by atoms with Crippen molar-refractivity contribution in [1.29, 1.82) is 0 Å². The quantitative estimate of drug-likeness (QED) is 0.772. The molecule has 4 heteroatoms. The normalized spacial score (nSPS) is 26.0. The molecule has 1 aliphatic rings.